The van der Waals surface area contributed by atoms with Gasteiger partial charge < -0.3 is 4.74 Å². The first-order valence-corrected chi connectivity index (χ1v) is 8.88. The highest BCUT2D eigenvalue weighted by molar-refractivity contribution is 5.97. The fourth-order valence-corrected chi connectivity index (χ4v) is 2.80. The molecule has 3 aromatic rings. The van der Waals surface area contributed by atoms with Gasteiger partial charge >= 0.3 is 6.09 Å². The summed E-state index contributed by atoms with van der Waals surface area (Å²) in [5.41, 5.74) is 1.74. The van der Waals surface area contributed by atoms with Crippen LogP contribution < -0.4 is 16.4 Å². The van der Waals surface area contributed by atoms with Crippen molar-refractivity contribution in [1.29, 1.82) is 0 Å². The number of carbonyl (C=O) groups is 2. The summed E-state index contributed by atoms with van der Waals surface area (Å²) in [5, 5.41) is 12.4. The maximum Gasteiger partial charge on any atom is 0.412 e. The summed E-state index contributed by atoms with van der Waals surface area (Å²) in [4.78, 5) is 36.6. The van der Waals surface area contributed by atoms with Crippen molar-refractivity contribution in [3.63, 3.8) is 0 Å². The number of pyridine rings is 1. The molecule has 2 amide bonds. The molecule has 0 unspecified atom stereocenters. The zero-order valence-corrected chi connectivity index (χ0v) is 16.2. The second-order valence-electron chi connectivity index (χ2n) is 7.41. The summed E-state index contributed by atoms with van der Waals surface area (Å²) in [6.07, 6.45) is 1.02. The van der Waals surface area contributed by atoms with Crippen LogP contribution in [-0.2, 0) is 4.74 Å². The first-order chi connectivity index (χ1) is 13.7. The van der Waals surface area contributed by atoms with E-state index in [0.717, 1.165) is 0 Å². The maximum absolute atomic E-state index is 13.0. The van der Waals surface area contributed by atoms with Crippen LogP contribution in [0.5, 0.6) is 0 Å². The Morgan fingerprint density at radius 1 is 1.07 bits per heavy atom. The van der Waals surface area contributed by atoms with E-state index in [0.29, 0.717) is 22.1 Å². The molecule has 3 rings (SSSR count). The van der Waals surface area contributed by atoms with Crippen molar-refractivity contribution >= 4 is 28.5 Å². The van der Waals surface area contributed by atoms with Crippen LogP contribution in [-0.4, -0.2) is 27.4 Å². The van der Waals surface area contributed by atoms with Gasteiger partial charge in [0.2, 0.25) is 0 Å². The average Bonchev–Trinajstić information content (AvgIpc) is 2.66. The highest BCUT2D eigenvalue weighted by atomic mass is 16.6. The van der Waals surface area contributed by atoms with E-state index in [-0.39, 0.29) is 11.1 Å². The van der Waals surface area contributed by atoms with E-state index in [4.69, 9.17) is 9.94 Å². The van der Waals surface area contributed by atoms with Crippen LogP contribution in [0.15, 0.2) is 59.5 Å². The lowest BCUT2D eigenvalue weighted by atomic mass is 10.1. The normalized spacial score (nSPS) is 11.2. The molecule has 0 saturated heterocycles. The third kappa shape index (κ3) is 4.61. The highest BCUT2D eigenvalue weighted by Gasteiger charge is 2.16. The molecule has 0 atom stereocenters. The molecule has 0 radical (unpaired) electrons. The number of hydrogen-bond donors (Lipinski definition) is 3. The van der Waals surface area contributed by atoms with Crippen LogP contribution in [0.1, 0.15) is 31.1 Å². The monoisotopic (exact) mass is 395 g/mol. The van der Waals surface area contributed by atoms with Crippen LogP contribution in [0, 0.1) is 0 Å². The Hall–Kier alpha value is -3.65. The molecule has 29 heavy (non-hydrogen) atoms. The van der Waals surface area contributed by atoms with Gasteiger partial charge in [0, 0.05) is 22.8 Å². The second-order valence-corrected chi connectivity index (χ2v) is 7.41. The van der Waals surface area contributed by atoms with Crippen LogP contribution in [0.3, 0.4) is 0 Å². The summed E-state index contributed by atoms with van der Waals surface area (Å²) in [5.74, 6) is -0.703. The molecule has 0 aliphatic rings. The number of fused-ring (bicyclic) bond motifs is 1. The van der Waals surface area contributed by atoms with E-state index in [1.807, 2.05) is 0 Å². The van der Waals surface area contributed by atoms with Crippen molar-refractivity contribution < 1.29 is 19.5 Å². The average molecular weight is 395 g/mol. The van der Waals surface area contributed by atoms with Gasteiger partial charge in [-0.25, -0.2) is 10.3 Å². The third-order valence-corrected chi connectivity index (χ3v) is 4.04. The SMILES string of the molecule is CC(C)(C)OC(=O)Nc1cccc(-n2ccc3ccc(C(=O)NO)cc3c2=O)c1. The van der Waals surface area contributed by atoms with Crippen molar-refractivity contribution in [2.75, 3.05) is 5.32 Å². The number of benzene rings is 2. The quantitative estimate of drug-likeness (QED) is 0.465. The smallest absolute Gasteiger partial charge is 0.412 e. The standard InChI is InChI=1S/C21H21N3O5/c1-21(2,3)29-20(27)22-15-5-4-6-16(12-15)24-10-9-13-7-8-14(18(25)23-28)11-17(13)19(24)26/h4-12,28H,1-3H3,(H,22,27)(H,23,25). The third-order valence-electron chi connectivity index (χ3n) is 4.04. The Morgan fingerprint density at radius 2 is 1.83 bits per heavy atom. The summed E-state index contributed by atoms with van der Waals surface area (Å²) < 4.78 is 6.64. The number of amides is 2. The molecule has 2 aromatic carbocycles. The second kappa shape index (κ2) is 7.76. The van der Waals surface area contributed by atoms with Gasteiger partial charge in [-0.2, -0.15) is 0 Å². The number of ether oxygens (including phenoxy) is 1. The number of hydroxylamine groups is 1. The Kier molecular flexibility index (Phi) is 5.38. The van der Waals surface area contributed by atoms with Crippen LogP contribution >= 0.6 is 0 Å². The number of anilines is 1. The van der Waals surface area contributed by atoms with Crippen LogP contribution in [0.2, 0.25) is 0 Å². The van der Waals surface area contributed by atoms with E-state index in [1.54, 1.807) is 68.8 Å². The lowest BCUT2D eigenvalue weighted by Crippen LogP contribution is -2.27. The molecule has 0 fully saturated rings. The van der Waals surface area contributed by atoms with Crippen molar-refractivity contribution in [3.05, 3.63) is 70.6 Å². The van der Waals surface area contributed by atoms with Gasteiger partial charge in [-0.1, -0.05) is 12.1 Å². The predicted molar refractivity (Wildman–Crippen MR) is 109 cm³/mol. The Labute approximate surface area is 166 Å². The van der Waals surface area contributed by atoms with E-state index < -0.39 is 17.6 Å². The zero-order chi connectivity index (χ0) is 21.2. The van der Waals surface area contributed by atoms with Gasteiger partial charge in [0.05, 0.1) is 5.69 Å². The van der Waals surface area contributed by atoms with Gasteiger partial charge in [-0.3, -0.25) is 24.7 Å². The number of nitrogens with one attached hydrogen (secondary N) is 2. The summed E-state index contributed by atoms with van der Waals surface area (Å²) in [6.45, 7) is 5.30. The number of carbonyl (C=O) groups excluding carboxylic acids is 2. The molecule has 0 bridgehead atoms. The van der Waals surface area contributed by atoms with Crippen molar-refractivity contribution in [1.82, 2.24) is 10.0 Å². The Morgan fingerprint density at radius 3 is 2.52 bits per heavy atom. The molecular weight excluding hydrogens is 374 g/mol. The highest BCUT2D eigenvalue weighted by Crippen LogP contribution is 2.18. The van der Waals surface area contributed by atoms with E-state index >= 15 is 0 Å². The molecule has 1 heterocycles. The van der Waals surface area contributed by atoms with Crippen molar-refractivity contribution in [2.45, 2.75) is 26.4 Å². The molecule has 0 aliphatic heterocycles. The topological polar surface area (TPSA) is 110 Å². The van der Waals surface area contributed by atoms with E-state index in [9.17, 15) is 14.4 Å². The van der Waals surface area contributed by atoms with E-state index in [1.165, 1.54) is 16.7 Å². The lowest BCUT2D eigenvalue weighted by molar-refractivity contribution is 0.0635. The Bertz CT molecular complexity index is 1140. The molecular formula is C21H21N3O5. The fourth-order valence-electron chi connectivity index (χ4n) is 2.80. The summed E-state index contributed by atoms with van der Waals surface area (Å²) in [6, 6.07) is 13.1. The minimum Gasteiger partial charge on any atom is -0.444 e. The minimum atomic E-state index is -0.703. The van der Waals surface area contributed by atoms with Crippen LogP contribution in [0.25, 0.3) is 16.5 Å². The summed E-state index contributed by atoms with van der Waals surface area (Å²) in [7, 11) is 0. The molecule has 8 nitrogen and oxygen atoms in total. The van der Waals surface area contributed by atoms with Crippen molar-refractivity contribution in [3.8, 4) is 5.69 Å². The van der Waals surface area contributed by atoms with Gasteiger partial charge in [0.25, 0.3) is 11.5 Å². The number of aromatic nitrogens is 1. The number of rotatable bonds is 3. The lowest BCUT2D eigenvalue weighted by Gasteiger charge is -2.19. The molecule has 1 aromatic heterocycles. The molecule has 0 spiro atoms. The predicted octanol–water partition coefficient (Wildman–Crippen LogP) is 3.46. The zero-order valence-electron chi connectivity index (χ0n) is 16.2. The number of nitrogens with zero attached hydrogens (tertiary/aromatic N) is 1. The van der Waals surface area contributed by atoms with Gasteiger partial charge in [0.1, 0.15) is 5.60 Å². The van der Waals surface area contributed by atoms with Gasteiger partial charge in [-0.05, 0) is 62.6 Å². The summed E-state index contributed by atoms with van der Waals surface area (Å²) >= 11 is 0. The molecule has 8 heteroatoms. The minimum absolute atomic E-state index is 0.162. The van der Waals surface area contributed by atoms with Gasteiger partial charge in [0.15, 0.2) is 0 Å². The molecule has 0 saturated carbocycles. The first kappa shape index (κ1) is 20.1. The van der Waals surface area contributed by atoms with Crippen LogP contribution in [0.4, 0.5) is 10.5 Å². The molecule has 150 valence electrons. The largest absolute Gasteiger partial charge is 0.444 e. The fraction of sp³-hybridized carbons (Fsp3) is 0.190. The molecule has 0 aliphatic carbocycles. The van der Waals surface area contributed by atoms with E-state index in [2.05, 4.69) is 5.32 Å². The Balaban J connectivity index is 1.98. The molecule has 3 N–H and O–H groups in total. The first-order valence-electron chi connectivity index (χ1n) is 8.88. The maximum atomic E-state index is 13.0. The van der Waals surface area contributed by atoms with Gasteiger partial charge in [-0.15, -0.1) is 0 Å². The number of hydrogen-bond acceptors (Lipinski definition) is 5. The van der Waals surface area contributed by atoms with Crippen molar-refractivity contribution in [2.24, 2.45) is 0 Å².